The van der Waals surface area contributed by atoms with E-state index in [0.717, 1.165) is 25.9 Å². The first-order chi connectivity index (χ1) is 8.70. The van der Waals surface area contributed by atoms with Crippen LogP contribution in [0, 0.1) is 0 Å². The number of nitrogens with zero attached hydrogens (tertiary/aromatic N) is 1. The van der Waals surface area contributed by atoms with Crippen LogP contribution in [0.4, 0.5) is 0 Å². The molecule has 2 rings (SSSR count). The molecule has 0 amide bonds. The van der Waals surface area contributed by atoms with Crippen LogP contribution in [0.3, 0.4) is 0 Å². The number of benzene rings is 1. The van der Waals surface area contributed by atoms with Gasteiger partial charge in [-0.1, -0.05) is 31.2 Å². The van der Waals surface area contributed by atoms with E-state index in [1.807, 2.05) is 6.92 Å². The summed E-state index contributed by atoms with van der Waals surface area (Å²) in [6, 6.07) is 9.40. The van der Waals surface area contributed by atoms with E-state index in [1.54, 1.807) is 0 Å². The molecule has 1 aliphatic rings. The maximum absolute atomic E-state index is 9.43. The number of rotatable bonds is 5. The highest BCUT2D eigenvalue weighted by Crippen LogP contribution is 2.23. The molecular formula is C16H25NO. The largest absolute Gasteiger partial charge is 0.393 e. The van der Waals surface area contributed by atoms with Crippen LogP contribution in [0.1, 0.15) is 44.2 Å². The molecule has 2 atom stereocenters. The molecule has 100 valence electrons. The van der Waals surface area contributed by atoms with E-state index in [1.165, 1.54) is 24.0 Å². The van der Waals surface area contributed by atoms with E-state index in [-0.39, 0.29) is 6.10 Å². The molecule has 0 radical (unpaired) electrons. The summed E-state index contributed by atoms with van der Waals surface area (Å²) in [4.78, 5) is 2.59. The predicted octanol–water partition coefficient (Wildman–Crippen LogP) is 2.98. The van der Waals surface area contributed by atoms with Gasteiger partial charge in [0.1, 0.15) is 0 Å². The average Bonchev–Trinajstić information content (AvgIpc) is 2.39. The van der Waals surface area contributed by atoms with Crippen LogP contribution in [0.25, 0.3) is 0 Å². The third-order valence-electron chi connectivity index (χ3n) is 4.07. The minimum Gasteiger partial charge on any atom is -0.393 e. The van der Waals surface area contributed by atoms with Crippen molar-refractivity contribution in [1.82, 2.24) is 4.90 Å². The third-order valence-corrected chi connectivity index (χ3v) is 4.07. The zero-order valence-corrected chi connectivity index (χ0v) is 11.6. The fraction of sp³-hybridized carbons (Fsp3) is 0.625. The van der Waals surface area contributed by atoms with E-state index in [9.17, 15) is 5.11 Å². The van der Waals surface area contributed by atoms with Gasteiger partial charge in [-0.3, -0.25) is 4.90 Å². The maximum atomic E-state index is 9.43. The zero-order valence-electron chi connectivity index (χ0n) is 11.6. The van der Waals surface area contributed by atoms with E-state index < -0.39 is 0 Å². The quantitative estimate of drug-likeness (QED) is 0.864. The lowest BCUT2D eigenvalue weighted by atomic mass is 9.96. The highest BCUT2D eigenvalue weighted by molar-refractivity contribution is 5.29. The van der Waals surface area contributed by atoms with Crippen molar-refractivity contribution in [2.24, 2.45) is 0 Å². The zero-order chi connectivity index (χ0) is 13.0. The lowest BCUT2D eigenvalue weighted by Crippen LogP contribution is -2.39. The summed E-state index contributed by atoms with van der Waals surface area (Å²) in [7, 11) is 0. The first-order valence-corrected chi connectivity index (χ1v) is 7.19. The molecule has 1 heterocycles. The summed E-state index contributed by atoms with van der Waals surface area (Å²) in [5.41, 5.74) is 3.00. The normalized spacial score (nSPS) is 19.3. The lowest BCUT2D eigenvalue weighted by Gasteiger charge is -2.35. The Morgan fingerprint density at radius 1 is 1.22 bits per heavy atom. The van der Waals surface area contributed by atoms with Crippen molar-refractivity contribution >= 4 is 0 Å². The lowest BCUT2D eigenvalue weighted by molar-refractivity contribution is 0.129. The van der Waals surface area contributed by atoms with Gasteiger partial charge >= 0.3 is 0 Å². The number of aliphatic hydroxyl groups excluding tert-OH is 1. The molecule has 0 spiro atoms. The summed E-state index contributed by atoms with van der Waals surface area (Å²) < 4.78 is 0. The molecule has 0 saturated carbocycles. The van der Waals surface area contributed by atoms with Gasteiger partial charge in [-0.2, -0.15) is 0 Å². The molecule has 1 aliphatic heterocycles. The molecule has 0 saturated heterocycles. The minimum atomic E-state index is -0.170. The molecule has 1 aromatic carbocycles. The summed E-state index contributed by atoms with van der Waals surface area (Å²) >= 11 is 0. The molecule has 18 heavy (non-hydrogen) atoms. The van der Waals surface area contributed by atoms with Gasteiger partial charge in [0.05, 0.1) is 6.10 Å². The summed E-state index contributed by atoms with van der Waals surface area (Å²) in [5, 5.41) is 9.43. The van der Waals surface area contributed by atoms with Crippen LogP contribution in [-0.2, 0) is 13.0 Å². The van der Waals surface area contributed by atoms with E-state index in [0.29, 0.717) is 6.04 Å². The van der Waals surface area contributed by atoms with Crippen molar-refractivity contribution in [2.45, 2.75) is 58.2 Å². The fourth-order valence-corrected chi connectivity index (χ4v) is 2.91. The monoisotopic (exact) mass is 247 g/mol. The number of aliphatic hydroxyl groups is 1. The van der Waals surface area contributed by atoms with Crippen LogP contribution in [-0.4, -0.2) is 28.7 Å². The minimum absolute atomic E-state index is 0.170. The van der Waals surface area contributed by atoms with E-state index in [4.69, 9.17) is 0 Å². The Bertz CT molecular complexity index is 375. The van der Waals surface area contributed by atoms with Gasteiger partial charge in [-0.15, -0.1) is 0 Å². The van der Waals surface area contributed by atoms with Crippen LogP contribution < -0.4 is 0 Å². The van der Waals surface area contributed by atoms with Crippen molar-refractivity contribution in [3.8, 4) is 0 Å². The highest BCUT2D eigenvalue weighted by atomic mass is 16.3. The third kappa shape index (κ3) is 3.33. The topological polar surface area (TPSA) is 23.5 Å². The van der Waals surface area contributed by atoms with E-state index >= 15 is 0 Å². The SMILES string of the molecule is CCC(CCC(C)O)N1CCc2ccccc2C1. The fourth-order valence-electron chi connectivity index (χ4n) is 2.91. The van der Waals surface area contributed by atoms with Gasteiger partial charge in [-0.25, -0.2) is 0 Å². The van der Waals surface area contributed by atoms with Gasteiger partial charge < -0.3 is 5.11 Å². The van der Waals surface area contributed by atoms with Crippen molar-refractivity contribution in [1.29, 1.82) is 0 Å². The standard InChI is InChI=1S/C16H25NO/c1-3-16(9-8-13(2)18)17-11-10-14-6-4-5-7-15(14)12-17/h4-7,13,16,18H,3,8-12H2,1-2H3. The van der Waals surface area contributed by atoms with Crippen molar-refractivity contribution in [2.75, 3.05) is 6.54 Å². The number of hydrogen-bond donors (Lipinski definition) is 1. The Kier molecular flexibility index (Phi) is 4.79. The number of hydrogen-bond acceptors (Lipinski definition) is 2. The number of fused-ring (bicyclic) bond motifs is 1. The molecule has 1 aromatic rings. The Balaban J connectivity index is 1.98. The molecule has 0 aromatic heterocycles. The summed E-state index contributed by atoms with van der Waals surface area (Å²) in [5.74, 6) is 0. The second-order valence-electron chi connectivity index (χ2n) is 5.48. The average molecular weight is 247 g/mol. The van der Waals surface area contributed by atoms with Gasteiger partial charge in [0.2, 0.25) is 0 Å². The van der Waals surface area contributed by atoms with Crippen LogP contribution in [0.2, 0.25) is 0 Å². The smallest absolute Gasteiger partial charge is 0.0512 e. The molecule has 0 fully saturated rings. The Labute approximate surface area is 111 Å². The maximum Gasteiger partial charge on any atom is 0.0512 e. The van der Waals surface area contributed by atoms with Crippen molar-refractivity contribution in [3.05, 3.63) is 35.4 Å². The first kappa shape index (κ1) is 13.6. The molecular weight excluding hydrogens is 222 g/mol. The second kappa shape index (κ2) is 6.35. The summed E-state index contributed by atoms with van der Waals surface area (Å²) in [6.07, 6.45) is 4.19. The molecule has 1 N–H and O–H groups in total. The molecule has 2 unspecified atom stereocenters. The molecule has 0 bridgehead atoms. The van der Waals surface area contributed by atoms with Crippen molar-refractivity contribution in [3.63, 3.8) is 0 Å². The second-order valence-corrected chi connectivity index (χ2v) is 5.48. The molecule has 0 aliphatic carbocycles. The first-order valence-electron chi connectivity index (χ1n) is 7.19. The Hall–Kier alpha value is -0.860. The van der Waals surface area contributed by atoms with Gasteiger partial charge in [-0.05, 0) is 43.7 Å². The van der Waals surface area contributed by atoms with Crippen LogP contribution >= 0.6 is 0 Å². The molecule has 2 nitrogen and oxygen atoms in total. The Morgan fingerprint density at radius 2 is 1.94 bits per heavy atom. The highest BCUT2D eigenvalue weighted by Gasteiger charge is 2.22. The van der Waals surface area contributed by atoms with E-state index in [2.05, 4.69) is 36.1 Å². The van der Waals surface area contributed by atoms with Gasteiger partial charge in [0, 0.05) is 19.1 Å². The van der Waals surface area contributed by atoms with Crippen molar-refractivity contribution < 1.29 is 5.11 Å². The molecule has 2 heteroatoms. The van der Waals surface area contributed by atoms with Gasteiger partial charge in [0.25, 0.3) is 0 Å². The van der Waals surface area contributed by atoms with Gasteiger partial charge in [0.15, 0.2) is 0 Å². The predicted molar refractivity (Wildman–Crippen MR) is 75.5 cm³/mol. The van der Waals surface area contributed by atoms with Crippen LogP contribution in [0.5, 0.6) is 0 Å². The Morgan fingerprint density at radius 3 is 2.61 bits per heavy atom. The van der Waals surface area contributed by atoms with Crippen LogP contribution in [0.15, 0.2) is 24.3 Å². The summed E-state index contributed by atoms with van der Waals surface area (Å²) in [6.45, 7) is 6.38.